The van der Waals surface area contributed by atoms with Crippen LogP contribution in [0.15, 0.2) is 60.8 Å². The zero-order valence-corrected chi connectivity index (χ0v) is 33.0. The van der Waals surface area contributed by atoms with Crippen molar-refractivity contribution in [3.05, 3.63) is 60.8 Å². The van der Waals surface area contributed by atoms with Gasteiger partial charge in [0.05, 0.1) is 18.8 Å². The van der Waals surface area contributed by atoms with Crippen molar-refractivity contribution in [2.75, 3.05) is 13.2 Å². The zero-order chi connectivity index (χ0) is 39.2. The number of hydrogen-bond donors (Lipinski definition) is 4. The average Bonchev–Trinajstić information content (AvgIpc) is 3.38. The van der Waals surface area contributed by atoms with Crippen molar-refractivity contribution in [3.8, 4) is 0 Å². The van der Waals surface area contributed by atoms with Crippen molar-refractivity contribution in [1.82, 2.24) is 0 Å². The first kappa shape index (κ1) is 48.4. The lowest BCUT2D eigenvalue weighted by Gasteiger charge is -2.18. The Morgan fingerprint density at radius 2 is 1.45 bits per heavy atom. The van der Waals surface area contributed by atoms with Gasteiger partial charge in [-0.2, -0.15) is 0 Å². The molecule has 11 nitrogen and oxygen atoms in total. The number of aliphatic hydroxyl groups is 2. The van der Waals surface area contributed by atoms with Crippen LogP contribution in [0.2, 0.25) is 0 Å². The maximum Gasteiger partial charge on any atom is 0.469 e. The van der Waals surface area contributed by atoms with E-state index in [1.807, 2.05) is 12.2 Å². The van der Waals surface area contributed by atoms with E-state index in [0.29, 0.717) is 32.1 Å². The first-order valence-electron chi connectivity index (χ1n) is 19.7. The fourth-order valence-corrected chi connectivity index (χ4v) is 6.26. The lowest BCUT2D eigenvalue weighted by atomic mass is 9.90. The average molecular weight is 767 g/mol. The molecule has 0 aromatic rings. The molecule has 5 atom stereocenters. The molecule has 0 aliphatic heterocycles. The Morgan fingerprint density at radius 3 is 2.17 bits per heavy atom. The number of phosphoric ester groups is 1. The number of unbranched alkanes of at least 4 members (excludes halogenated alkanes) is 8. The first-order valence-corrected chi connectivity index (χ1v) is 21.2. The van der Waals surface area contributed by atoms with Gasteiger partial charge in [0.2, 0.25) is 0 Å². The largest absolute Gasteiger partial charge is 0.469 e. The lowest BCUT2D eigenvalue weighted by molar-refractivity contribution is -0.161. The van der Waals surface area contributed by atoms with Crippen molar-refractivity contribution in [2.24, 2.45) is 11.8 Å². The summed E-state index contributed by atoms with van der Waals surface area (Å²) in [5.74, 6) is -1.87. The standard InChI is InChI=1S/C41H67O11P/c1-3-5-7-8-9-10-11-12-13-14-15-16-17-18-23-27-40(45)50-32-35(33-51-53(47,48)49)52-41(46)28-24-20-19-22-26-36-37(39(44)31-38(36)43)30-29-34(42)25-21-6-4-2/h5,7,9-10,12-13,19,22,29-30,34-37,39,42,44H,3-4,6,8,11,14-18,20-21,23-28,31-33H2,1-2H3,(H2,47,48,49)/b7-5-,10-9-,13-12-,22-19-,30-29+/t34-,35+,36+,37+,39+/m0/s1. The summed E-state index contributed by atoms with van der Waals surface area (Å²) in [6.07, 6.45) is 31.6. The first-order chi connectivity index (χ1) is 25.5. The molecule has 53 heavy (non-hydrogen) atoms. The van der Waals surface area contributed by atoms with Gasteiger partial charge in [0.1, 0.15) is 12.4 Å². The number of esters is 2. The van der Waals surface area contributed by atoms with Gasteiger partial charge in [0.15, 0.2) is 6.10 Å². The topological polar surface area (TPSA) is 177 Å². The summed E-state index contributed by atoms with van der Waals surface area (Å²) in [7, 11) is -4.83. The Labute approximate surface area is 317 Å². The quantitative estimate of drug-likeness (QED) is 0.0231. The molecular weight excluding hydrogens is 699 g/mol. The van der Waals surface area contributed by atoms with E-state index in [1.165, 1.54) is 0 Å². The van der Waals surface area contributed by atoms with Crippen LogP contribution in [0, 0.1) is 11.8 Å². The Morgan fingerprint density at radius 1 is 0.811 bits per heavy atom. The molecule has 0 spiro atoms. The highest BCUT2D eigenvalue weighted by Crippen LogP contribution is 2.36. The minimum absolute atomic E-state index is 0.0107. The van der Waals surface area contributed by atoms with Gasteiger partial charge < -0.3 is 29.5 Å². The van der Waals surface area contributed by atoms with Crippen LogP contribution in [0.5, 0.6) is 0 Å². The predicted octanol–water partition coefficient (Wildman–Crippen LogP) is 8.32. The number of Topliss-reactive ketones (excluding diaryl/α,β-unsaturated/α-hetero) is 1. The molecule has 0 unspecified atom stereocenters. The third-order valence-electron chi connectivity index (χ3n) is 8.89. The fourth-order valence-electron chi connectivity index (χ4n) is 5.90. The van der Waals surface area contributed by atoms with Crippen molar-refractivity contribution >= 4 is 25.5 Å². The molecule has 0 heterocycles. The number of ketones is 1. The second kappa shape index (κ2) is 30.6. The van der Waals surface area contributed by atoms with Gasteiger partial charge in [0, 0.05) is 31.1 Å². The number of allylic oxidation sites excluding steroid dienone is 8. The summed E-state index contributed by atoms with van der Waals surface area (Å²) in [6.45, 7) is 3.21. The molecule has 0 bridgehead atoms. The van der Waals surface area contributed by atoms with Crippen molar-refractivity contribution in [1.29, 1.82) is 0 Å². The van der Waals surface area contributed by atoms with Crippen molar-refractivity contribution in [2.45, 2.75) is 154 Å². The van der Waals surface area contributed by atoms with E-state index in [-0.39, 0.29) is 43.5 Å². The van der Waals surface area contributed by atoms with Gasteiger partial charge >= 0.3 is 19.8 Å². The third kappa shape index (κ3) is 26.7. The Balaban J connectivity index is 2.35. The monoisotopic (exact) mass is 766 g/mol. The number of phosphoric acid groups is 1. The normalized spacial score (nSPS) is 19.4. The number of carbonyl (C=O) groups excluding carboxylic acids is 3. The second-order valence-electron chi connectivity index (χ2n) is 13.7. The molecule has 1 saturated carbocycles. The van der Waals surface area contributed by atoms with Crippen LogP contribution in [0.1, 0.15) is 136 Å². The Hall–Kier alpha value is -2.66. The molecule has 1 rings (SSSR count). The molecule has 0 saturated heterocycles. The van der Waals surface area contributed by atoms with Gasteiger partial charge in [-0.25, -0.2) is 4.57 Å². The van der Waals surface area contributed by atoms with Gasteiger partial charge in [-0.3, -0.25) is 18.9 Å². The smallest absolute Gasteiger partial charge is 0.462 e. The zero-order valence-electron chi connectivity index (χ0n) is 32.1. The summed E-state index contributed by atoms with van der Waals surface area (Å²) in [5.41, 5.74) is 0. The SMILES string of the molecule is CC/C=C\C/C=C\C/C=C\CCCCCCCC(=O)OC[C@H](COP(=O)(O)O)OC(=O)CCC/C=C\C[C@H]1C(=O)C[C@@H](O)[C@@H]1/C=C/[C@@H](O)CCCCC. The maximum absolute atomic E-state index is 12.5. The highest BCUT2D eigenvalue weighted by Gasteiger charge is 2.39. The van der Waals surface area contributed by atoms with Crippen LogP contribution in [-0.4, -0.2) is 69.2 Å². The van der Waals surface area contributed by atoms with Crippen LogP contribution >= 0.6 is 7.82 Å². The van der Waals surface area contributed by atoms with E-state index < -0.39 is 44.7 Å². The van der Waals surface area contributed by atoms with Gasteiger partial charge in [0.25, 0.3) is 0 Å². The van der Waals surface area contributed by atoms with Crippen molar-refractivity contribution < 1.29 is 52.9 Å². The van der Waals surface area contributed by atoms with Crippen molar-refractivity contribution in [3.63, 3.8) is 0 Å². The van der Waals surface area contributed by atoms with Gasteiger partial charge in [-0.1, -0.05) is 113 Å². The minimum atomic E-state index is -4.83. The van der Waals surface area contributed by atoms with Crippen LogP contribution in [0.4, 0.5) is 0 Å². The number of rotatable bonds is 31. The van der Waals surface area contributed by atoms with E-state index >= 15 is 0 Å². The molecule has 302 valence electrons. The van der Waals surface area contributed by atoms with Crippen LogP contribution in [-0.2, 0) is 32.9 Å². The summed E-state index contributed by atoms with van der Waals surface area (Å²) in [4.78, 5) is 55.4. The van der Waals surface area contributed by atoms with E-state index in [2.05, 4.69) is 54.8 Å². The molecular formula is C41H67O11P. The molecule has 1 aliphatic carbocycles. The molecule has 0 amide bonds. The molecule has 1 fully saturated rings. The molecule has 1 aliphatic rings. The van der Waals surface area contributed by atoms with Crippen LogP contribution < -0.4 is 0 Å². The number of hydrogen-bond acceptors (Lipinski definition) is 9. The highest BCUT2D eigenvalue weighted by molar-refractivity contribution is 7.46. The molecule has 0 radical (unpaired) electrons. The summed E-state index contributed by atoms with van der Waals surface area (Å²) in [6, 6.07) is 0. The van der Waals surface area contributed by atoms with E-state index in [4.69, 9.17) is 19.3 Å². The van der Waals surface area contributed by atoms with E-state index in [9.17, 15) is 29.2 Å². The van der Waals surface area contributed by atoms with Gasteiger partial charge in [-0.15, -0.1) is 0 Å². The summed E-state index contributed by atoms with van der Waals surface area (Å²) >= 11 is 0. The maximum atomic E-state index is 12.5. The molecule has 0 aromatic carbocycles. The minimum Gasteiger partial charge on any atom is -0.462 e. The number of carbonyl (C=O) groups is 3. The second-order valence-corrected chi connectivity index (χ2v) is 14.9. The molecule has 4 N–H and O–H groups in total. The highest BCUT2D eigenvalue weighted by atomic mass is 31.2. The fraction of sp³-hybridized carbons (Fsp3) is 0.683. The number of ether oxygens (including phenoxy) is 2. The molecule has 12 heteroatoms. The van der Waals surface area contributed by atoms with Gasteiger partial charge in [-0.05, 0) is 64.2 Å². The summed E-state index contributed by atoms with van der Waals surface area (Å²) in [5, 5.41) is 20.6. The lowest BCUT2D eigenvalue weighted by Crippen LogP contribution is -2.29. The third-order valence-corrected chi connectivity index (χ3v) is 9.37. The molecule has 0 aromatic heterocycles. The van der Waals surface area contributed by atoms with Crippen LogP contribution in [0.3, 0.4) is 0 Å². The number of aliphatic hydroxyl groups excluding tert-OH is 2. The Bertz CT molecular complexity index is 1200. The van der Waals surface area contributed by atoms with Crippen LogP contribution in [0.25, 0.3) is 0 Å². The van der Waals surface area contributed by atoms with E-state index in [0.717, 1.165) is 70.6 Å². The Kier molecular flexibility index (Phi) is 28.0. The predicted molar refractivity (Wildman–Crippen MR) is 208 cm³/mol. The van der Waals surface area contributed by atoms with E-state index in [1.54, 1.807) is 12.2 Å². The summed E-state index contributed by atoms with van der Waals surface area (Å²) < 4.78 is 26.3.